The number of fused-ring (bicyclic) bond motifs is 3. The summed E-state index contributed by atoms with van der Waals surface area (Å²) in [6.07, 6.45) is 0. The molecule has 0 amide bonds. The number of hydrogen-bond donors (Lipinski definition) is 0. The van der Waals surface area contributed by atoms with Crippen molar-refractivity contribution < 1.29 is 0 Å². The molecule has 0 nitrogen and oxygen atoms in total. The summed E-state index contributed by atoms with van der Waals surface area (Å²) in [6.45, 7) is 0. The second-order valence-electron chi connectivity index (χ2n) is 17.9. The summed E-state index contributed by atoms with van der Waals surface area (Å²) < 4.78 is 0. The van der Waals surface area contributed by atoms with Crippen LogP contribution in [0.25, 0.3) is 54.6 Å². The first kappa shape index (κ1) is 41.3. The second-order valence-corrected chi connectivity index (χ2v) is 25.5. The van der Waals surface area contributed by atoms with Crippen molar-refractivity contribution in [3.63, 3.8) is 0 Å². The van der Waals surface area contributed by atoms with Gasteiger partial charge in [0, 0.05) is 0 Å². The molecule has 0 atom stereocenters. The molecule has 0 bridgehead atoms. The molecule has 0 heterocycles. The maximum Gasteiger partial charge on any atom is 0.179 e. The van der Waals surface area contributed by atoms with Gasteiger partial charge in [0.25, 0.3) is 0 Å². The first-order chi connectivity index (χ1) is 33.8. The van der Waals surface area contributed by atoms with E-state index in [1.165, 1.54) is 96.1 Å². The molecular weight excluding hydrogens is 849 g/mol. The van der Waals surface area contributed by atoms with Crippen molar-refractivity contribution in [1.82, 2.24) is 0 Å². The minimum Gasteiger partial charge on any atom is -0.0623 e. The van der Waals surface area contributed by atoms with Gasteiger partial charge in [-0.3, -0.25) is 0 Å². The molecule has 12 aromatic carbocycles. The largest absolute Gasteiger partial charge is 0.179 e. The molecule has 0 aromatic heterocycles. The van der Waals surface area contributed by atoms with E-state index >= 15 is 0 Å². The van der Waals surface area contributed by atoms with Crippen molar-refractivity contribution in [1.29, 1.82) is 0 Å². The van der Waals surface area contributed by atoms with Crippen LogP contribution in [0.1, 0.15) is 0 Å². The second kappa shape index (κ2) is 17.6. The van der Waals surface area contributed by atoms with Crippen molar-refractivity contribution >= 4 is 90.0 Å². The summed E-state index contributed by atoms with van der Waals surface area (Å²) in [5, 5.41) is 18.3. The van der Waals surface area contributed by atoms with Crippen molar-refractivity contribution in [2.45, 2.75) is 0 Å². The lowest BCUT2D eigenvalue weighted by Gasteiger charge is -2.38. The highest BCUT2D eigenvalue weighted by Crippen LogP contribution is 2.45. The summed E-state index contributed by atoms with van der Waals surface area (Å²) >= 11 is 0. The van der Waals surface area contributed by atoms with Crippen molar-refractivity contribution in [3.8, 4) is 22.3 Å². The van der Waals surface area contributed by atoms with Gasteiger partial charge in [0.2, 0.25) is 0 Å². The third kappa shape index (κ3) is 6.72. The number of rotatable bonds is 10. The van der Waals surface area contributed by atoms with Gasteiger partial charge in [-0.25, -0.2) is 0 Å². The smallest absolute Gasteiger partial charge is 0.0623 e. The predicted molar refractivity (Wildman–Crippen MR) is 297 cm³/mol. The van der Waals surface area contributed by atoms with E-state index in [1.54, 1.807) is 0 Å². The van der Waals surface area contributed by atoms with Crippen LogP contribution in [0.2, 0.25) is 0 Å². The minimum absolute atomic E-state index is 1.23. The molecule has 0 aliphatic heterocycles. The summed E-state index contributed by atoms with van der Waals surface area (Å²) in [5.74, 6) is 0. The Bertz CT molecular complexity index is 3300. The van der Waals surface area contributed by atoms with Gasteiger partial charge in [0.1, 0.15) is 0 Å². The first-order valence-corrected chi connectivity index (χ1v) is 27.7. The Labute approximate surface area is 401 Å². The number of hydrogen-bond acceptors (Lipinski definition) is 0. The quantitative estimate of drug-likeness (QED) is 0.0729. The van der Waals surface area contributed by atoms with Crippen molar-refractivity contribution in [2.75, 3.05) is 0 Å². The Morgan fingerprint density at radius 3 is 0.824 bits per heavy atom. The molecule has 0 spiro atoms. The Kier molecular flexibility index (Phi) is 10.7. The zero-order chi connectivity index (χ0) is 45.3. The molecule has 12 rings (SSSR count). The van der Waals surface area contributed by atoms with Crippen LogP contribution in [0.5, 0.6) is 0 Å². The molecule has 2 heteroatoms. The lowest BCUT2D eigenvalue weighted by atomic mass is 9.85. The van der Waals surface area contributed by atoms with E-state index in [0.717, 1.165) is 0 Å². The van der Waals surface area contributed by atoms with Crippen LogP contribution in [-0.2, 0) is 0 Å². The standard InChI is InChI=1S/C66H48Si2/c1-7-28-51(29-8-1)67(52-30-9-2-10-31-52,53-32-11-3-12-33-53)57-46-50(47-58(48-57)68(54-34-13-4-14-35-54,55-36-15-5-16-37-55)56-38-17-6-18-39-56)65-61-41-21-23-43-63(61)66(64-44-24-22-42-62(64)65)60-45-25-27-49-26-19-20-40-59(49)60/h1-48H. The topological polar surface area (TPSA) is 0 Å². The van der Waals surface area contributed by atoms with Crippen LogP contribution in [0.15, 0.2) is 291 Å². The Balaban J connectivity index is 1.30. The normalized spacial score (nSPS) is 11.8. The maximum atomic E-state index is 2.66. The summed E-state index contributed by atoms with van der Waals surface area (Å²) in [5.41, 5.74) is 5.02. The summed E-state index contributed by atoms with van der Waals surface area (Å²) in [4.78, 5) is 0. The molecular formula is C66H48Si2. The fraction of sp³-hybridized carbons (Fsp3) is 0. The van der Waals surface area contributed by atoms with Gasteiger partial charge in [-0.05, 0) is 96.1 Å². The van der Waals surface area contributed by atoms with E-state index in [-0.39, 0.29) is 0 Å². The average Bonchev–Trinajstić information content (AvgIpc) is 3.42. The molecule has 0 aliphatic rings. The van der Waals surface area contributed by atoms with Crippen LogP contribution in [-0.4, -0.2) is 16.1 Å². The lowest BCUT2D eigenvalue weighted by molar-refractivity contribution is 1.64. The molecule has 0 aliphatic carbocycles. The van der Waals surface area contributed by atoms with Gasteiger partial charge >= 0.3 is 0 Å². The van der Waals surface area contributed by atoms with Crippen LogP contribution in [0.4, 0.5) is 0 Å². The summed E-state index contributed by atoms with van der Waals surface area (Å²) in [7, 11) is -6.17. The van der Waals surface area contributed by atoms with Crippen molar-refractivity contribution in [3.05, 3.63) is 291 Å². The highest BCUT2D eigenvalue weighted by atomic mass is 28.3. The molecule has 0 saturated heterocycles. The molecule has 0 fully saturated rings. The van der Waals surface area contributed by atoms with Gasteiger partial charge in [0.15, 0.2) is 16.1 Å². The fourth-order valence-electron chi connectivity index (χ4n) is 11.5. The first-order valence-electron chi connectivity index (χ1n) is 23.7. The van der Waals surface area contributed by atoms with Gasteiger partial charge in [0.05, 0.1) is 0 Å². The van der Waals surface area contributed by atoms with E-state index in [9.17, 15) is 0 Å². The maximum absolute atomic E-state index is 3.08. The number of benzene rings is 12. The monoisotopic (exact) mass is 896 g/mol. The van der Waals surface area contributed by atoms with E-state index in [1.807, 2.05) is 0 Å². The Hall–Kier alpha value is -8.15. The lowest BCUT2D eigenvalue weighted by Crippen LogP contribution is -2.78. The highest BCUT2D eigenvalue weighted by molar-refractivity contribution is 7.22. The molecule has 0 N–H and O–H groups in total. The highest BCUT2D eigenvalue weighted by Gasteiger charge is 2.46. The van der Waals surface area contributed by atoms with E-state index in [4.69, 9.17) is 0 Å². The zero-order valence-corrected chi connectivity index (χ0v) is 39.7. The molecule has 12 aromatic rings. The van der Waals surface area contributed by atoms with Crippen LogP contribution in [0, 0.1) is 0 Å². The SMILES string of the molecule is c1ccc([Si](c2ccccc2)(c2ccccc2)c2cc(-c3c4ccccc4c(-c4cccc5ccccc45)c4ccccc34)cc([Si](c3ccccc3)(c3ccccc3)c3ccccc3)c2)cc1. The predicted octanol–water partition coefficient (Wildman–Crippen LogP) is 11.2. The van der Waals surface area contributed by atoms with Crippen molar-refractivity contribution in [2.24, 2.45) is 0 Å². The third-order valence-electron chi connectivity index (χ3n) is 14.3. The fourth-order valence-corrected chi connectivity index (χ4v) is 21.3. The van der Waals surface area contributed by atoms with Crippen LogP contribution < -0.4 is 41.5 Å². The van der Waals surface area contributed by atoms with Crippen LogP contribution in [0.3, 0.4) is 0 Å². The van der Waals surface area contributed by atoms with E-state index in [2.05, 4.69) is 291 Å². The van der Waals surface area contributed by atoms with Gasteiger partial charge in [-0.15, -0.1) is 0 Å². The van der Waals surface area contributed by atoms with Gasteiger partial charge in [-0.1, -0.05) is 291 Å². The molecule has 320 valence electrons. The molecule has 0 radical (unpaired) electrons. The molecule has 0 unspecified atom stereocenters. The third-order valence-corrected chi connectivity index (χ3v) is 23.8. The average molecular weight is 897 g/mol. The van der Waals surface area contributed by atoms with Crippen LogP contribution >= 0.6 is 0 Å². The Morgan fingerprint density at radius 1 is 0.191 bits per heavy atom. The zero-order valence-electron chi connectivity index (χ0n) is 37.7. The van der Waals surface area contributed by atoms with E-state index in [0.29, 0.717) is 0 Å². The minimum atomic E-state index is -3.08. The van der Waals surface area contributed by atoms with Gasteiger partial charge in [-0.2, -0.15) is 0 Å². The molecule has 68 heavy (non-hydrogen) atoms. The molecule has 0 saturated carbocycles. The van der Waals surface area contributed by atoms with E-state index < -0.39 is 16.1 Å². The summed E-state index contributed by atoms with van der Waals surface area (Å²) in [6, 6.07) is 110. The Morgan fingerprint density at radius 2 is 0.471 bits per heavy atom. The van der Waals surface area contributed by atoms with Gasteiger partial charge < -0.3 is 0 Å².